The normalized spacial score (nSPS) is 9.43. The highest BCUT2D eigenvalue weighted by molar-refractivity contribution is 6.49. The summed E-state index contributed by atoms with van der Waals surface area (Å²) in [4.78, 5) is 0. The number of rotatable bonds is 3. The van der Waals surface area contributed by atoms with Gasteiger partial charge < -0.3 is 9.47 Å². The molecule has 21 heavy (non-hydrogen) atoms. The van der Waals surface area contributed by atoms with Crippen LogP contribution in [0.4, 0.5) is 5.69 Å². The van der Waals surface area contributed by atoms with Gasteiger partial charge in [0.25, 0.3) is 0 Å². The Morgan fingerprint density at radius 2 is 1.24 bits per heavy atom. The molecule has 114 valence electrons. The van der Waals surface area contributed by atoms with Crippen molar-refractivity contribution in [2.75, 3.05) is 18.2 Å². The third kappa shape index (κ3) is 5.71. The molecule has 0 spiro atoms. The van der Waals surface area contributed by atoms with E-state index in [2.05, 4.69) is 0 Å². The average molecular weight is 369 g/mol. The highest BCUT2D eigenvalue weighted by Gasteiger charge is 2.06. The number of benzene rings is 2. The van der Waals surface area contributed by atoms with Gasteiger partial charge in [-0.05, 0) is 12.1 Å². The van der Waals surface area contributed by atoms with Gasteiger partial charge in [0.1, 0.15) is 11.5 Å². The monoisotopic (exact) mass is 367 g/mol. The van der Waals surface area contributed by atoms with Crippen molar-refractivity contribution in [3.8, 4) is 11.5 Å². The summed E-state index contributed by atoms with van der Waals surface area (Å²) in [6.07, 6.45) is 0. The second-order valence-corrected chi connectivity index (χ2v) is 5.35. The van der Waals surface area contributed by atoms with E-state index in [1.54, 1.807) is 12.1 Å². The molecule has 0 bridgehead atoms. The van der Waals surface area contributed by atoms with Crippen LogP contribution in [0.2, 0.25) is 10.0 Å². The number of anilines is 1. The summed E-state index contributed by atoms with van der Waals surface area (Å²) in [5.74, 6) is 1.09. The van der Waals surface area contributed by atoms with Crippen molar-refractivity contribution in [1.29, 1.82) is 0 Å². The Labute approximate surface area is 144 Å². The van der Waals surface area contributed by atoms with Crippen molar-refractivity contribution in [1.82, 2.24) is 0 Å². The first kappa shape index (κ1) is 18.1. The lowest BCUT2D eigenvalue weighted by molar-refractivity contribution is 0.403. The van der Waals surface area contributed by atoms with Gasteiger partial charge in [0, 0.05) is 35.7 Å². The zero-order chi connectivity index (χ0) is 15.8. The molecular formula is C14H13Cl4NO2. The summed E-state index contributed by atoms with van der Waals surface area (Å²) in [5.41, 5.74) is 0.779. The van der Waals surface area contributed by atoms with Gasteiger partial charge in [0.2, 0.25) is 0 Å². The first-order valence-corrected chi connectivity index (χ1v) is 7.16. The van der Waals surface area contributed by atoms with Gasteiger partial charge in [-0.25, -0.2) is 0 Å². The van der Waals surface area contributed by atoms with Crippen LogP contribution in [0.3, 0.4) is 0 Å². The minimum Gasteiger partial charge on any atom is -0.495 e. The van der Waals surface area contributed by atoms with E-state index in [4.69, 9.17) is 56.2 Å². The minimum absolute atomic E-state index is 0.485. The van der Waals surface area contributed by atoms with E-state index in [0.29, 0.717) is 21.5 Å². The fraction of sp³-hybridized carbons (Fsp3) is 0.143. The molecule has 7 heteroatoms. The second-order valence-electron chi connectivity index (χ2n) is 3.69. The Kier molecular flexibility index (Phi) is 7.83. The van der Waals surface area contributed by atoms with Gasteiger partial charge in [0.05, 0.1) is 30.0 Å². The van der Waals surface area contributed by atoms with E-state index in [1.165, 1.54) is 14.2 Å². The third-order valence-corrected chi connectivity index (χ3v) is 3.36. The van der Waals surface area contributed by atoms with Crippen molar-refractivity contribution in [3.63, 3.8) is 0 Å². The Balaban J connectivity index is 0.000000219. The second kappa shape index (κ2) is 9.11. The number of para-hydroxylation sites is 1. The average Bonchev–Trinajstić information content (AvgIpc) is 2.50. The molecule has 2 aromatic rings. The first-order chi connectivity index (χ1) is 9.99. The third-order valence-electron chi connectivity index (χ3n) is 2.38. The maximum absolute atomic E-state index is 5.82. The number of ether oxygens (including phenoxy) is 2. The lowest BCUT2D eigenvalue weighted by Crippen LogP contribution is -1.89. The van der Waals surface area contributed by atoms with E-state index >= 15 is 0 Å². The van der Waals surface area contributed by atoms with Gasteiger partial charge in [-0.2, -0.15) is 3.94 Å². The van der Waals surface area contributed by atoms with Crippen molar-refractivity contribution >= 4 is 52.4 Å². The van der Waals surface area contributed by atoms with Crippen LogP contribution in [-0.4, -0.2) is 14.2 Å². The molecule has 0 aliphatic carbocycles. The van der Waals surface area contributed by atoms with E-state index < -0.39 is 0 Å². The molecule has 2 rings (SSSR count). The molecule has 3 nitrogen and oxygen atoms in total. The molecule has 2 aromatic carbocycles. The fourth-order valence-electron chi connectivity index (χ4n) is 1.36. The number of halogens is 4. The molecule has 0 heterocycles. The minimum atomic E-state index is 0.485. The number of hydrogen-bond acceptors (Lipinski definition) is 3. The first-order valence-electron chi connectivity index (χ1n) is 5.73. The van der Waals surface area contributed by atoms with Crippen molar-refractivity contribution < 1.29 is 9.47 Å². The Bertz CT molecular complexity index is 535. The molecule has 0 saturated carbocycles. The lowest BCUT2D eigenvalue weighted by atomic mass is 10.3. The summed E-state index contributed by atoms with van der Waals surface area (Å²) in [6.45, 7) is 0. The molecule has 0 aliphatic rings. The Morgan fingerprint density at radius 3 is 1.52 bits per heavy atom. The molecule has 0 aliphatic heterocycles. The number of methoxy groups -OCH3 is 2. The van der Waals surface area contributed by atoms with Crippen LogP contribution in [0.5, 0.6) is 11.5 Å². The van der Waals surface area contributed by atoms with Crippen LogP contribution >= 0.6 is 46.8 Å². The quantitative estimate of drug-likeness (QED) is 0.638. The zero-order valence-electron chi connectivity index (χ0n) is 11.3. The standard InChI is InChI=1S/C8H8Cl2O2.C6H5Cl2N/c1-11-7-3-6(10)8(12-2)4-5(7)9;7-9(8)6-4-2-1-3-5-6/h3-4H,1-2H3;1-5H. The van der Waals surface area contributed by atoms with E-state index in [-0.39, 0.29) is 0 Å². The molecule has 0 radical (unpaired) electrons. The van der Waals surface area contributed by atoms with Crippen molar-refractivity contribution in [2.24, 2.45) is 0 Å². The topological polar surface area (TPSA) is 21.7 Å². The van der Waals surface area contributed by atoms with Crippen LogP contribution < -0.4 is 13.4 Å². The maximum Gasteiger partial charge on any atom is 0.139 e. The van der Waals surface area contributed by atoms with Crippen LogP contribution in [0.1, 0.15) is 0 Å². The SMILES string of the molecule is COc1cc(Cl)c(OC)cc1Cl.ClN(Cl)c1ccccc1. The molecule has 0 atom stereocenters. The highest BCUT2D eigenvalue weighted by Crippen LogP contribution is 2.35. The molecule has 0 fully saturated rings. The predicted molar refractivity (Wildman–Crippen MR) is 90.2 cm³/mol. The lowest BCUT2D eigenvalue weighted by Gasteiger charge is -2.06. The summed E-state index contributed by atoms with van der Waals surface area (Å²) >= 11 is 22.4. The smallest absolute Gasteiger partial charge is 0.139 e. The summed E-state index contributed by atoms with van der Waals surface area (Å²) in [6, 6.07) is 12.5. The van der Waals surface area contributed by atoms with E-state index in [1.807, 2.05) is 30.3 Å². The van der Waals surface area contributed by atoms with Gasteiger partial charge in [-0.3, -0.25) is 0 Å². The van der Waals surface area contributed by atoms with Crippen LogP contribution in [0.25, 0.3) is 0 Å². The Morgan fingerprint density at radius 1 is 0.810 bits per heavy atom. The zero-order valence-corrected chi connectivity index (χ0v) is 14.3. The fourth-order valence-corrected chi connectivity index (χ4v) is 2.05. The van der Waals surface area contributed by atoms with Gasteiger partial charge in [0.15, 0.2) is 0 Å². The van der Waals surface area contributed by atoms with Gasteiger partial charge in [-0.1, -0.05) is 41.4 Å². The number of hydrogen-bond donors (Lipinski definition) is 0. The van der Waals surface area contributed by atoms with Crippen molar-refractivity contribution in [2.45, 2.75) is 0 Å². The molecule has 0 aromatic heterocycles. The molecule has 0 unspecified atom stereocenters. The largest absolute Gasteiger partial charge is 0.495 e. The Hall–Kier alpha value is -1.00. The maximum atomic E-state index is 5.82. The molecular weight excluding hydrogens is 356 g/mol. The van der Waals surface area contributed by atoms with E-state index in [0.717, 1.165) is 9.63 Å². The van der Waals surface area contributed by atoms with Gasteiger partial charge in [-0.15, -0.1) is 0 Å². The summed E-state index contributed by atoms with van der Waals surface area (Å²) < 4.78 is 10.9. The molecule has 0 saturated heterocycles. The predicted octanol–water partition coefficient (Wildman–Crippen LogP) is 5.81. The summed E-state index contributed by atoms with van der Waals surface area (Å²) in [5, 5.41) is 0.970. The highest BCUT2D eigenvalue weighted by atomic mass is 35.5. The van der Waals surface area contributed by atoms with Crippen LogP contribution in [-0.2, 0) is 0 Å². The molecule has 0 amide bonds. The van der Waals surface area contributed by atoms with E-state index in [9.17, 15) is 0 Å². The summed E-state index contributed by atoms with van der Waals surface area (Å²) in [7, 11) is 3.06. The number of nitrogens with zero attached hydrogens (tertiary/aromatic N) is 1. The molecule has 0 N–H and O–H groups in total. The van der Waals surface area contributed by atoms with Crippen LogP contribution in [0, 0.1) is 0 Å². The van der Waals surface area contributed by atoms with Crippen LogP contribution in [0.15, 0.2) is 42.5 Å². The van der Waals surface area contributed by atoms with Gasteiger partial charge >= 0.3 is 0 Å². The van der Waals surface area contributed by atoms with Crippen molar-refractivity contribution in [3.05, 3.63) is 52.5 Å².